The first-order chi connectivity index (χ1) is 21.8. The Morgan fingerprint density at radius 3 is 2.47 bits per heavy atom. The number of phenolic OH excluding ortho intramolecular Hbond substituents is 2. The summed E-state index contributed by atoms with van der Waals surface area (Å²) in [6.07, 6.45) is 1.10. The van der Waals surface area contributed by atoms with Crippen molar-refractivity contribution in [3.05, 3.63) is 120 Å². The second kappa shape index (κ2) is 12.7. The highest BCUT2D eigenvalue weighted by Gasteiger charge is 2.52. The zero-order valence-corrected chi connectivity index (χ0v) is 24.8. The lowest BCUT2D eigenvalue weighted by atomic mass is 9.98. The van der Waals surface area contributed by atoms with E-state index < -0.39 is 12.2 Å². The molecule has 0 spiro atoms. The quantitative estimate of drug-likeness (QED) is 0.196. The van der Waals surface area contributed by atoms with Crippen LogP contribution < -0.4 is 5.32 Å². The number of rotatable bonds is 9. The topological polar surface area (TPSA) is 117 Å². The van der Waals surface area contributed by atoms with E-state index >= 15 is 0 Å². The molecule has 10 nitrogen and oxygen atoms in total. The molecular weight excluding hydrogens is 570 g/mol. The fourth-order valence-electron chi connectivity index (χ4n) is 6.24. The van der Waals surface area contributed by atoms with Gasteiger partial charge in [-0.3, -0.25) is 14.6 Å². The number of hydrazine groups is 1. The number of phenols is 2. The van der Waals surface area contributed by atoms with Crippen LogP contribution >= 0.6 is 0 Å². The summed E-state index contributed by atoms with van der Waals surface area (Å²) >= 11 is 0. The fraction of sp³-hybridized carbons (Fsp3) is 0.229. The van der Waals surface area contributed by atoms with Crippen molar-refractivity contribution in [2.45, 2.75) is 31.7 Å². The van der Waals surface area contributed by atoms with E-state index in [0.717, 1.165) is 21.9 Å². The van der Waals surface area contributed by atoms with Crippen LogP contribution in [0.2, 0.25) is 0 Å². The number of urea groups is 1. The summed E-state index contributed by atoms with van der Waals surface area (Å²) in [5.74, 6) is -1.09. The second-order valence-electron chi connectivity index (χ2n) is 11.3. The average Bonchev–Trinajstić information content (AvgIpc) is 3.37. The summed E-state index contributed by atoms with van der Waals surface area (Å²) in [6.45, 7) is 4.71. The van der Waals surface area contributed by atoms with Crippen molar-refractivity contribution in [3.63, 3.8) is 0 Å². The van der Waals surface area contributed by atoms with Crippen molar-refractivity contribution in [1.29, 1.82) is 0 Å². The molecule has 230 valence electrons. The molecule has 6 rings (SSSR count). The molecule has 4 aromatic carbocycles. The number of carbonyl (C=O) groups excluding carboxylic acids is 3. The lowest BCUT2D eigenvalue weighted by molar-refractivity contribution is -0.157. The van der Waals surface area contributed by atoms with Crippen LogP contribution in [0.3, 0.4) is 0 Å². The maximum Gasteiger partial charge on any atom is 0.332 e. The third kappa shape index (κ3) is 6.05. The second-order valence-corrected chi connectivity index (χ2v) is 11.3. The monoisotopic (exact) mass is 605 g/mol. The van der Waals surface area contributed by atoms with Crippen molar-refractivity contribution in [1.82, 2.24) is 25.1 Å². The molecule has 10 heteroatoms. The number of piperazine rings is 1. The van der Waals surface area contributed by atoms with Crippen molar-refractivity contribution in [2.75, 3.05) is 19.6 Å². The molecule has 0 aliphatic carbocycles. The van der Waals surface area contributed by atoms with E-state index in [9.17, 15) is 24.6 Å². The van der Waals surface area contributed by atoms with Gasteiger partial charge in [0.25, 0.3) is 0 Å². The molecule has 4 aromatic rings. The first-order valence-corrected chi connectivity index (χ1v) is 14.9. The number of hydrogen-bond donors (Lipinski definition) is 3. The molecule has 2 saturated heterocycles. The van der Waals surface area contributed by atoms with Gasteiger partial charge in [0.1, 0.15) is 12.2 Å². The van der Waals surface area contributed by atoms with E-state index in [1.165, 1.54) is 17.1 Å². The zero-order chi connectivity index (χ0) is 31.5. The largest absolute Gasteiger partial charge is 0.504 e. The zero-order valence-electron chi connectivity index (χ0n) is 24.8. The van der Waals surface area contributed by atoms with Crippen molar-refractivity contribution in [2.24, 2.45) is 0 Å². The summed E-state index contributed by atoms with van der Waals surface area (Å²) < 4.78 is 0. The van der Waals surface area contributed by atoms with Crippen LogP contribution in [0.4, 0.5) is 4.79 Å². The van der Waals surface area contributed by atoms with Crippen molar-refractivity contribution in [3.8, 4) is 11.5 Å². The highest BCUT2D eigenvalue weighted by Crippen LogP contribution is 2.33. The predicted molar refractivity (Wildman–Crippen MR) is 170 cm³/mol. The Hall–Kier alpha value is -5.35. The van der Waals surface area contributed by atoms with E-state index in [1.807, 2.05) is 72.8 Å². The number of benzene rings is 4. The molecule has 45 heavy (non-hydrogen) atoms. The Labute approximate surface area is 261 Å². The van der Waals surface area contributed by atoms with Gasteiger partial charge in [-0.1, -0.05) is 84.9 Å². The standard InChI is InChI=1S/C35H35N5O5/c1-2-17-38(35(45)36-20-24-9-4-3-5-10-24)39-23-33(43)40-29(18-25-15-16-30(41)31(42)19-25)34(44)37(22-32(39)40)21-27-13-8-12-26-11-6-7-14-28(26)27/h2-16,19,29,32,41-42H,1,17-18,20-23H2,(H,36,45)/t29-,32+/m0/s1. The molecule has 4 amide bonds. The Morgan fingerprint density at radius 1 is 0.933 bits per heavy atom. The third-order valence-electron chi connectivity index (χ3n) is 8.41. The Balaban J connectivity index is 1.33. The van der Waals surface area contributed by atoms with Gasteiger partial charge in [-0.05, 0) is 39.6 Å². The number of carbonyl (C=O) groups is 3. The number of nitrogens with one attached hydrogen (secondary N) is 1. The van der Waals surface area contributed by atoms with Crippen LogP contribution in [0.15, 0.2) is 104 Å². The minimum Gasteiger partial charge on any atom is -0.504 e. The molecule has 3 N–H and O–H groups in total. The van der Waals surface area contributed by atoms with Gasteiger partial charge in [0.05, 0.1) is 19.6 Å². The highest BCUT2D eigenvalue weighted by molar-refractivity contribution is 5.92. The number of fused-ring (bicyclic) bond motifs is 2. The summed E-state index contributed by atoms with van der Waals surface area (Å²) in [6, 6.07) is 26.6. The van der Waals surface area contributed by atoms with Crippen LogP contribution in [0.1, 0.15) is 16.7 Å². The average molecular weight is 606 g/mol. The molecule has 0 aromatic heterocycles. The van der Waals surface area contributed by atoms with E-state index in [4.69, 9.17) is 0 Å². The number of nitrogens with zero attached hydrogens (tertiary/aromatic N) is 4. The van der Waals surface area contributed by atoms with Gasteiger partial charge in [0.2, 0.25) is 11.8 Å². The SMILES string of the molecule is C=CCN(C(=O)NCc1ccccc1)N1CC(=O)N2[C@@H](Cc3ccc(O)c(O)c3)C(=O)N(Cc3cccc4ccccc34)C[C@@H]21. The Morgan fingerprint density at radius 2 is 1.69 bits per heavy atom. The summed E-state index contributed by atoms with van der Waals surface area (Å²) in [5, 5.41) is 28.2. The van der Waals surface area contributed by atoms with Crippen LogP contribution in [-0.4, -0.2) is 79.7 Å². The molecule has 0 saturated carbocycles. The van der Waals surface area contributed by atoms with E-state index in [2.05, 4.69) is 11.9 Å². The summed E-state index contributed by atoms with van der Waals surface area (Å²) in [4.78, 5) is 44.7. The van der Waals surface area contributed by atoms with E-state index in [-0.39, 0.29) is 55.4 Å². The maximum absolute atomic E-state index is 14.2. The van der Waals surface area contributed by atoms with Gasteiger partial charge in [0.15, 0.2) is 11.5 Å². The Kier molecular flexibility index (Phi) is 8.39. The van der Waals surface area contributed by atoms with Crippen molar-refractivity contribution >= 4 is 28.6 Å². The van der Waals surface area contributed by atoms with Gasteiger partial charge in [-0.2, -0.15) is 5.01 Å². The smallest absolute Gasteiger partial charge is 0.332 e. The molecular formula is C35H35N5O5. The summed E-state index contributed by atoms with van der Waals surface area (Å²) in [7, 11) is 0. The minimum atomic E-state index is -0.891. The molecule has 0 bridgehead atoms. The lowest BCUT2D eigenvalue weighted by Crippen LogP contribution is -2.66. The number of hydrogen-bond acceptors (Lipinski definition) is 6. The summed E-state index contributed by atoms with van der Waals surface area (Å²) in [5.41, 5.74) is 2.49. The van der Waals surface area contributed by atoms with Crippen LogP contribution in [0.25, 0.3) is 10.8 Å². The maximum atomic E-state index is 14.2. The molecule has 0 radical (unpaired) electrons. The first-order valence-electron chi connectivity index (χ1n) is 14.9. The van der Waals surface area contributed by atoms with Crippen LogP contribution in [0.5, 0.6) is 11.5 Å². The minimum absolute atomic E-state index is 0.0933. The van der Waals surface area contributed by atoms with Gasteiger partial charge >= 0.3 is 6.03 Å². The number of amides is 4. The van der Waals surface area contributed by atoms with Gasteiger partial charge < -0.3 is 25.3 Å². The lowest BCUT2D eigenvalue weighted by Gasteiger charge is -2.46. The first kappa shape index (κ1) is 29.7. The van der Waals surface area contributed by atoms with Gasteiger partial charge in [-0.25, -0.2) is 4.79 Å². The van der Waals surface area contributed by atoms with E-state index in [1.54, 1.807) is 27.0 Å². The van der Waals surface area contributed by atoms with Crippen molar-refractivity contribution < 1.29 is 24.6 Å². The molecule has 2 heterocycles. The van der Waals surface area contributed by atoms with Gasteiger partial charge in [0, 0.05) is 19.5 Å². The third-order valence-corrected chi connectivity index (χ3v) is 8.41. The fourth-order valence-corrected chi connectivity index (χ4v) is 6.24. The van der Waals surface area contributed by atoms with E-state index in [0.29, 0.717) is 18.7 Å². The number of aromatic hydroxyl groups is 2. The van der Waals surface area contributed by atoms with Crippen LogP contribution in [0, 0.1) is 0 Å². The molecule has 2 atom stereocenters. The van der Waals surface area contributed by atoms with Gasteiger partial charge in [-0.15, -0.1) is 6.58 Å². The molecule has 2 fully saturated rings. The highest BCUT2D eigenvalue weighted by atomic mass is 16.3. The van der Waals surface area contributed by atoms with Crippen LogP contribution in [-0.2, 0) is 29.1 Å². The molecule has 2 aliphatic rings. The predicted octanol–water partition coefficient (Wildman–Crippen LogP) is 3.99. The molecule has 2 aliphatic heterocycles. The molecule has 0 unspecified atom stereocenters. The normalized spacial score (nSPS) is 18.2. The Bertz CT molecular complexity index is 1740.